The molecule has 2 rings (SSSR count). The zero-order valence-corrected chi connectivity index (χ0v) is 11.5. The predicted molar refractivity (Wildman–Crippen MR) is 72.0 cm³/mol. The third-order valence-electron chi connectivity index (χ3n) is 2.44. The van der Waals surface area contributed by atoms with Gasteiger partial charge in [0.15, 0.2) is 0 Å². The fraction of sp³-hybridized carbons (Fsp3) is 0.250. The number of aliphatic hydroxyl groups excluding tert-OH is 1. The van der Waals surface area contributed by atoms with E-state index in [4.69, 9.17) is 28.3 Å². The van der Waals surface area contributed by atoms with Gasteiger partial charge in [0.2, 0.25) is 0 Å². The number of aliphatic hydroxyl groups is 1. The van der Waals surface area contributed by atoms with Gasteiger partial charge in [-0.05, 0) is 24.6 Å². The second kappa shape index (κ2) is 5.36. The highest BCUT2D eigenvalue weighted by Gasteiger charge is 2.09. The largest absolute Gasteiger partial charge is 0.390 e. The summed E-state index contributed by atoms with van der Waals surface area (Å²) in [5.41, 5.74) is 1.74. The van der Waals surface area contributed by atoms with Crippen molar-refractivity contribution in [3.8, 4) is 0 Å². The molecule has 0 fully saturated rings. The summed E-state index contributed by atoms with van der Waals surface area (Å²) in [7, 11) is 0. The molecule has 2 nitrogen and oxygen atoms in total. The molecular formula is C12H11Cl2NOS. The summed E-state index contributed by atoms with van der Waals surface area (Å²) in [4.78, 5) is 5.41. The van der Waals surface area contributed by atoms with E-state index in [9.17, 15) is 0 Å². The summed E-state index contributed by atoms with van der Waals surface area (Å²) in [5, 5.41) is 11.3. The first-order valence-electron chi connectivity index (χ1n) is 5.10. The Morgan fingerprint density at radius 3 is 2.71 bits per heavy atom. The molecule has 0 bridgehead atoms. The molecule has 0 radical (unpaired) electrons. The highest BCUT2D eigenvalue weighted by atomic mass is 35.5. The number of benzene rings is 1. The van der Waals surface area contributed by atoms with Crippen molar-refractivity contribution in [3.05, 3.63) is 49.4 Å². The van der Waals surface area contributed by atoms with Crippen LogP contribution in [0.5, 0.6) is 0 Å². The van der Waals surface area contributed by atoms with E-state index in [2.05, 4.69) is 4.98 Å². The minimum Gasteiger partial charge on any atom is -0.390 e. The van der Waals surface area contributed by atoms with Crippen LogP contribution in [-0.2, 0) is 13.0 Å². The van der Waals surface area contributed by atoms with E-state index in [1.165, 1.54) is 0 Å². The number of nitrogens with zero attached hydrogens (tertiary/aromatic N) is 1. The van der Waals surface area contributed by atoms with Gasteiger partial charge in [0, 0.05) is 21.3 Å². The van der Waals surface area contributed by atoms with Gasteiger partial charge in [-0.2, -0.15) is 0 Å². The van der Waals surface area contributed by atoms with Crippen molar-refractivity contribution >= 4 is 34.5 Å². The van der Waals surface area contributed by atoms with Gasteiger partial charge in [-0.3, -0.25) is 0 Å². The molecule has 5 heteroatoms. The molecule has 1 aromatic carbocycles. The predicted octanol–water partition coefficient (Wildman–Crippen LogP) is 3.84. The fourth-order valence-corrected chi connectivity index (χ4v) is 2.98. The lowest BCUT2D eigenvalue weighted by molar-refractivity contribution is 0.276. The van der Waals surface area contributed by atoms with E-state index >= 15 is 0 Å². The molecule has 0 saturated carbocycles. The first-order chi connectivity index (χ1) is 8.10. The summed E-state index contributed by atoms with van der Waals surface area (Å²) in [6.45, 7) is 1.94. The zero-order chi connectivity index (χ0) is 12.4. The highest BCUT2D eigenvalue weighted by Crippen LogP contribution is 2.26. The Kier molecular flexibility index (Phi) is 4.05. The lowest BCUT2D eigenvalue weighted by Crippen LogP contribution is -1.90. The van der Waals surface area contributed by atoms with Gasteiger partial charge in [-0.25, -0.2) is 4.98 Å². The van der Waals surface area contributed by atoms with Gasteiger partial charge in [-0.15, -0.1) is 11.3 Å². The molecule has 0 saturated heterocycles. The van der Waals surface area contributed by atoms with Crippen LogP contribution >= 0.6 is 34.5 Å². The van der Waals surface area contributed by atoms with E-state index in [1.807, 2.05) is 19.1 Å². The lowest BCUT2D eigenvalue weighted by atomic mass is 10.1. The number of hydrogen-bond acceptors (Lipinski definition) is 3. The van der Waals surface area contributed by atoms with E-state index < -0.39 is 0 Å². The van der Waals surface area contributed by atoms with Gasteiger partial charge >= 0.3 is 0 Å². The Balaban J connectivity index is 2.25. The monoisotopic (exact) mass is 287 g/mol. The standard InChI is InChI=1S/C12H11Cl2NOS/c1-7-11(6-16)15-12(17-7)4-8-2-3-9(13)5-10(8)14/h2-3,5,16H,4,6H2,1H3. The second-order valence-corrected chi connectivity index (χ2v) is 5.81. The van der Waals surface area contributed by atoms with Gasteiger partial charge in [-0.1, -0.05) is 29.3 Å². The molecular weight excluding hydrogens is 277 g/mol. The molecule has 2 aromatic rings. The topological polar surface area (TPSA) is 33.1 Å². The van der Waals surface area contributed by atoms with Crippen molar-refractivity contribution in [2.45, 2.75) is 20.0 Å². The van der Waals surface area contributed by atoms with Crippen molar-refractivity contribution in [2.24, 2.45) is 0 Å². The third kappa shape index (κ3) is 2.99. The van der Waals surface area contributed by atoms with E-state index in [1.54, 1.807) is 17.4 Å². The number of thiazole rings is 1. The number of hydrogen-bond donors (Lipinski definition) is 1. The molecule has 0 spiro atoms. The van der Waals surface area contributed by atoms with E-state index in [-0.39, 0.29) is 6.61 Å². The second-order valence-electron chi connectivity index (χ2n) is 3.68. The molecule has 0 aliphatic rings. The van der Waals surface area contributed by atoms with E-state index in [0.717, 1.165) is 21.1 Å². The maximum atomic E-state index is 9.09. The van der Waals surface area contributed by atoms with Crippen molar-refractivity contribution in [2.75, 3.05) is 0 Å². The quantitative estimate of drug-likeness (QED) is 0.930. The molecule has 1 heterocycles. The Labute approximate surface area is 114 Å². The van der Waals surface area contributed by atoms with Crippen molar-refractivity contribution in [1.82, 2.24) is 4.98 Å². The average molecular weight is 288 g/mol. The molecule has 0 unspecified atom stereocenters. The van der Waals surface area contributed by atoms with Crippen LogP contribution in [0.3, 0.4) is 0 Å². The lowest BCUT2D eigenvalue weighted by Gasteiger charge is -2.01. The normalized spacial score (nSPS) is 10.8. The van der Waals surface area contributed by atoms with Crippen LogP contribution in [0.2, 0.25) is 10.0 Å². The Morgan fingerprint density at radius 2 is 2.12 bits per heavy atom. The van der Waals surface area contributed by atoms with Crippen molar-refractivity contribution < 1.29 is 5.11 Å². The highest BCUT2D eigenvalue weighted by molar-refractivity contribution is 7.11. The number of aromatic nitrogens is 1. The van der Waals surface area contributed by atoms with Crippen LogP contribution in [0.15, 0.2) is 18.2 Å². The van der Waals surface area contributed by atoms with Crippen LogP contribution < -0.4 is 0 Å². The van der Waals surface area contributed by atoms with Crippen LogP contribution in [0.25, 0.3) is 0 Å². The molecule has 0 aliphatic heterocycles. The molecule has 90 valence electrons. The van der Waals surface area contributed by atoms with Crippen molar-refractivity contribution in [1.29, 1.82) is 0 Å². The minimum atomic E-state index is -0.0172. The maximum absolute atomic E-state index is 9.09. The van der Waals surface area contributed by atoms with Gasteiger partial charge in [0.25, 0.3) is 0 Å². The van der Waals surface area contributed by atoms with Gasteiger partial charge < -0.3 is 5.11 Å². The first kappa shape index (κ1) is 12.8. The third-order valence-corrected chi connectivity index (χ3v) is 4.04. The summed E-state index contributed by atoms with van der Waals surface area (Å²) in [5.74, 6) is 0. The number of aryl methyl sites for hydroxylation is 1. The molecule has 0 aliphatic carbocycles. The van der Waals surface area contributed by atoms with Crippen LogP contribution in [0.1, 0.15) is 21.1 Å². The van der Waals surface area contributed by atoms with Crippen molar-refractivity contribution in [3.63, 3.8) is 0 Å². The Morgan fingerprint density at radius 1 is 1.35 bits per heavy atom. The summed E-state index contributed by atoms with van der Waals surface area (Å²) >= 11 is 13.5. The summed E-state index contributed by atoms with van der Waals surface area (Å²) in [6, 6.07) is 5.45. The molecule has 1 N–H and O–H groups in total. The van der Waals surface area contributed by atoms with Gasteiger partial charge in [0.1, 0.15) is 0 Å². The molecule has 17 heavy (non-hydrogen) atoms. The average Bonchev–Trinajstić information content (AvgIpc) is 2.63. The Hall–Kier alpha value is -0.610. The SMILES string of the molecule is Cc1sc(Cc2ccc(Cl)cc2Cl)nc1CO. The Bertz CT molecular complexity index is 539. The van der Waals surface area contributed by atoms with Gasteiger partial charge in [0.05, 0.1) is 17.3 Å². The number of halogens is 2. The minimum absolute atomic E-state index is 0.0172. The first-order valence-corrected chi connectivity index (χ1v) is 6.67. The van der Waals surface area contributed by atoms with Crippen LogP contribution in [-0.4, -0.2) is 10.1 Å². The van der Waals surface area contributed by atoms with E-state index in [0.29, 0.717) is 16.5 Å². The fourth-order valence-electron chi connectivity index (χ4n) is 1.54. The maximum Gasteiger partial charge on any atom is 0.0976 e. The molecule has 1 aromatic heterocycles. The molecule has 0 atom stereocenters. The summed E-state index contributed by atoms with van der Waals surface area (Å²) < 4.78 is 0. The van der Waals surface area contributed by atoms with Crippen LogP contribution in [0.4, 0.5) is 0 Å². The summed E-state index contributed by atoms with van der Waals surface area (Å²) in [6.07, 6.45) is 0.668. The number of rotatable bonds is 3. The van der Waals surface area contributed by atoms with Crippen LogP contribution in [0, 0.1) is 6.92 Å². The smallest absolute Gasteiger partial charge is 0.0976 e. The molecule has 0 amide bonds. The zero-order valence-electron chi connectivity index (χ0n) is 9.20.